The zero-order chi connectivity index (χ0) is 11.7. The molecule has 2 N–H and O–H groups in total. The van der Waals surface area contributed by atoms with E-state index in [0.29, 0.717) is 0 Å². The van der Waals surface area contributed by atoms with Gasteiger partial charge in [0.1, 0.15) is 0 Å². The molecule has 2 unspecified atom stereocenters. The minimum atomic E-state index is 0.730. The molecule has 3 rings (SSSR count). The molecule has 0 amide bonds. The second-order valence-corrected chi connectivity index (χ2v) is 5.80. The van der Waals surface area contributed by atoms with E-state index >= 15 is 0 Å². The molecule has 0 aromatic heterocycles. The maximum Gasteiger partial charge on any atom is -0.00428 e. The molecular weight excluding hydrogens is 206 g/mol. The average molecular weight is 229 g/mol. The van der Waals surface area contributed by atoms with Crippen LogP contribution in [0, 0.1) is 11.8 Å². The van der Waals surface area contributed by atoms with Crippen LogP contribution in [-0.4, -0.2) is 6.54 Å². The van der Waals surface area contributed by atoms with E-state index in [1.54, 1.807) is 11.1 Å². The molecular formula is C16H23N. The molecule has 0 radical (unpaired) electrons. The van der Waals surface area contributed by atoms with Crippen molar-refractivity contribution in [1.82, 2.24) is 0 Å². The van der Waals surface area contributed by atoms with Gasteiger partial charge in [-0.05, 0) is 61.1 Å². The second-order valence-electron chi connectivity index (χ2n) is 5.80. The largest absolute Gasteiger partial charge is 0.330 e. The quantitative estimate of drug-likeness (QED) is 0.825. The van der Waals surface area contributed by atoms with Gasteiger partial charge in [0, 0.05) is 0 Å². The van der Waals surface area contributed by atoms with Crippen LogP contribution in [0.5, 0.6) is 0 Å². The second kappa shape index (κ2) is 4.81. The molecule has 1 saturated carbocycles. The van der Waals surface area contributed by atoms with E-state index in [1.807, 2.05) is 0 Å². The van der Waals surface area contributed by atoms with E-state index in [0.717, 1.165) is 24.3 Å². The maximum absolute atomic E-state index is 6.02. The van der Waals surface area contributed by atoms with E-state index in [9.17, 15) is 0 Å². The highest BCUT2D eigenvalue weighted by molar-refractivity contribution is 5.34. The van der Waals surface area contributed by atoms with Crippen LogP contribution < -0.4 is 5.73 Å². The summed E-state index contributed by atoms with van der Waals surface area (Å²) in [7, 11) is 0. The number of hydrogen-bond donors (Lipinski definition) is 1. The highest BCUT2D eigenvalue weighted by Crippen LogP contribution is 2.46. The fraction of sp³-hybridized carbons (Fsp3) is 0.625. The first-order chi connectivity index (χ1) is 8.40. The summed E-state index contributed by atoms with van der Waals surface area (Å²) in [6, 6.07) is 9.08. The molecule has 0 bridgehead atoms. The molecule has 2 aliphatic rings. The lowest BCUT2D eigenvalue weighted by Crippen LogP contribution is -2.31. The lowest BCUT2D eigenvalue weighted by molar-refractivity contribution is 0.285. The van der Waals surface area contributed by atoms with Gasteiger partial charge in [0.2, 0.25) is 0 Å². The van der Waals surface area contributed by atoms with Crippen molar-refractivity contribution in [2.24, 2.45) is 17.6 Å². The van der Waals surface area contributed by atoms with Crippen LogP contribution in [0.1, 0.15) is 49.1 Å². The predicted octanol–water partition coefficient (Wildman–Crippen LogP) is 3.48. The number of aryl methyl sites for hydroxylation is 1. The summed E-state index contributed by atoms with van der Waals surface area (Å²) in [6.07, 6.45) is 8.25. The molecule has 1 nitrogen and oxygen atoms in total. The monoisotopic (exact) mass is 229 g/mol. The third kappa shape index (κ3) is 2.01. The van der Waals surface area contributed by atoms with Gasteiger partial charge in [-0.15, -0.1) is 0 Å². The van der Waals surface area contributed by atoms with Gasteiger partial charge < -0.3 is 5.73 Å². The van der Waals surface area contributed by atoms with E-state index in [2.05, 4.69) is 24.3 Å². The van der Waals surface area contributed by atoms with Gasteiger partial charge in [-0.1, -0.05) is 37.1 Å². The molecule has 1 heteroatoms. The van der Waals surface area contributed by atoms with Crippen LogP contribution in [0.15, 0.2) is 24.3 Å². The molecule has 2 aliphatic carbocycles. The normalized spacial score (nSPS) is 29.2. The number of rotatable bonds is 2. The summed E-state index contributed by atoms with van der Waals surface area (Å²) in [5.41, 5.74) is 9.24. The van der Waals surface area contributed by atoms with Gasteiger partial charge >= 0.3 is 0 Å². The summed E-state index contributed by atoms with van der Waals surface area (Å²) in [5.74, 6) is 2.39. The molecule has 1 aromatic carbocycles. The van der Waals surface area contributed by atoms with Crippen molar-refractivity contribution in [3.63, 3.8) is 0 Å². The van der Waals surface area contributed by atoms with Crippen LogP contribution in [0.4, 0.5) is 0 Å². The summed E-state index contributed by atoms with van der Waals surface area (Å²) in [6.45, 7) is 0.871. The third-order valence-electron chi connectivity index (χ3n) is 4.92. The Labute approximate surface area is 104 Å². The fourth-order valence-electron chi connectivity index (χ4n) is 4.08. The molecule has 0 heterocycles. The third-order valence-corrected chi connectivity index (χ3v) is 4.92. The van der Waals surface area contributed by atoms with Gasteiger partial charge in [-0.25, -0.2) is 0 Å². The average Bonchev–Trinajstić information content (AvgIpc) is 2.91. The van der Waals surface area contributed by atoms with E-state index < -0.39 is 0 Å². The Morgan fingerprint density at radius 1 is 1.06 bits per heavy atom. The summed E-state index contributed by atoms with van der Waals surface area (Å²) >= 11 is 0. The van der Waals surface area contributed by atoms with Gasteiger partial charge in [-0.2, -0.15) is 0 Å². The van der Waals surface area contributed by atoms with Crippen molar-refractivity contribution in [2.75, 3.05) is 6.54 Å². The van der Waals surface area contributed by atoms with Crippen LogP contribution in [-0.2, 0) is 6.42 Å². The minimum absolute atomic E-state index is 0.730. The lowest BCUT2D eigenvalue weighted by atomic mass is 9.69. The van der Waals surface area contributed by atoms with Crippen molar-refractivity contribution in [1.29, 1.82) is 0 Å². The molecule has 0 spiro atoms. The topological polar surface area (TPSA) is 26.0 Å². The highest BCUT2D eigenvalue weighted by atomic mass is 14.6. The Hall–Kier alpha value is -0.820. The number of nitrogens with two attached hydrogens (primary N) is 1. The Balaban J connectivity index is 1.95. The van der Waals surface area contributed by atoms with Crippen LogP contribution in [0.3, 0.4) is 0 Å². The SMILES string of the molecule is NCC1CCc2ccccc2C1C1CCCC1. The summed E-state index contributed by atoms with van der Waals surface area (Å²) < 4.78 is 0. The first kappa shape index (κ1) is 11.3. The van der Waals surface area contributed by atoms with Gasteiger partial charge in [0.15, 0.2) is 0 Å². The molecule has 1 aromatic rings. The van der Waals surface area contributed by atoms with Crippen LogP contribution in [0.2, 0.25) is 0 Å². The molecule has 2 atom stereocenters. The molecule has 1 fully saturated rings. The highest BCUT2D eigenvalue weighted by Gasteiger charge is 2.35. The van der Waals surface area contributed by atoms with Crippen molar-refractivity contribution in [3.8, 4) is 0 Å². The molecule has 92 valence electrons. The van der Waals surface area contributed by atoms with Crippen molar-refractivity contribution < 1.29 is 0 Å². The van der Waals surface area contributed by atoms with E-state index in [4.69, 9.17) is 5.73 Å². The standard InChI is InChI=1S/C16H23N/c17-11-14-10-9-12-5-3-4-8-15(12)16(14)13-6-1-2-7-13/h3-5,8,13-14,16H,1-2,6-7,9-11,17H2. The van der Waals surface area contributed by atoms with Crippen LogP contribution in [0.25, 0.3) is 0 Å². The number of benzene rings is 1. The molecule has 0 aliphatic heterocycles. The zero-order valence-electron chi connectivity index (χ0n) is 10.6. The van der Waals surface area contributed by atoms with Gasteiger partial charge in [-0.3, -0.25) is 0 Å². The smallest absolute Gasteiger partial charge is 0.00428 e. The number of fused-ring (bicyclic) bond motifs is 1. The number of hydrogen-bond acceptors (Lipinski definition) is 1. The van der Waals surface area contributed by atoms with Crippen molar-refractivity contribution >= 4 is 0 Å². The van der Waals surface area contributed by atoms with Gasteiger partial charge in [0.05, 0.1) is 0 Å². The Morgan fingerprint density at radius 3 is 2.59 bits per heavy atom. The molecule has 0 saturated heterocycles. The minimum Gasteiger partial charge on any atom is -0.330 e. The maximum atomic E-state index is 6.02. The van der Waals surface area contributed by atoms with Crippen molar-refractivity contribution in [3.05, 3.63) is 35.4 Å². The zero-order valence-corrected chi connectivity index (χ0v) is 10.6. The molecule has 17 heavy (non-hydrogen) atoms. The van der Waals surface area contributed by atoms with Crippen LogP contribution >= 0.6 is 0 Å². The Bertz CT molecular complexity index is 379. The van der Waals surface area contributed by atoms with Gasteiger partial charge in [0.25, 0.3) is 0 Å². The predicted molar refractivity (Wildman–Crippen MR) is 72.0 cm³/mol. The Morgan fingerprint density at radius 2 is 1.82 bits per heavy atom. The van der Waals surface area contributed by atoms with E-state index in [-0.39, 0.29) is 0 Å². The Kier molecular flexibility index (Phi) is 3.19. The van der Waals surface area contributed by atoms with E-state index in [1.165, 1.54) is 38.5 Å². The fourth-order valence-corrected chi connectivity index (χ4v) is 4.08. The van der Waals surface area contributed by atoms with Crippen molar-refractivity contribution in [2.45, 2.75) is 44.4 Å². The lowest BCUT2D eigenvalue weighted by Gasteiger charge is -2.37. The summed E-state index contributed by atoms with van der Waals surface area (Å²) in [4.78, 5) is 0. The first-order valence-electron chi connectivity index (χ1n) is 7.18. The first-order valence-corrected chi connectivity index (χ1v) is 7.18. The summed E-state index contributed by atoms with van der Waals surface area (Å²) in [5, 5.41) is 0.